The Hall–Kier alpha value is -1.14. The van der Waals surface area contributed by atoms with Crippen LogP contribution in [0.4, 0.5) is 0 Å². The summed E-state index contributed by atoms with van der Waals surface area (Å²) in [5.74, 6) is -0.183. The van der Waals surface area contributed by atoms with E-state index in [9.17, 15) is 9.59 Å². The van der Waals surface area contributed by atoms with E-state index in [4.69, 9.17) is 5.73 Å². The van der Waals surface area contributed by atoms with Gasteiger partial charge in [-0.15, -0.1) is 0 Å². The first-order chi connectivity index (χ1) is 8.90. The molecular formula is C13H28N4O2. The Morgan fingerprint density at radius 1 is 1.21 bits per heavy atom. The average Bonchev–Trinajstić information content (AvgIpc) is 2.33. The molecule has 0 aromatic rings. The number of hydrogen-bond acceptors (Lipinski definition) is 4. The lowest BCUT2D eigenvalue weighted by atomic mass is 10.1. The minimum absolute atomic E-state index is 0.0865. The fraction of sp³-hybridized carbons (Fsp3) is 0.846. The van der Waals surface area contributed by atoms with Crippen molar-refractivity contribution < 1.29 is 9.59 Å². The maximum atomic E-state index is 12.1. The molecule has 1 atom stereocenters. The molecule has 0 heterocycles. The van der Waals surface area contributed by atoms with Crippen LogP contribution in [-0.4, -0.2) is 68.4 Å². The van der Waals surface area contributed by atoms with Crippen molar-refractivity contribution >= 4 is 11.8 Å². The third-order valence-corrected chi connectivity index (χ3v) is 3.06. The molecule has 6 heteroatoms. The van der Waals surface area contributed by atoms with E-state index in [2.05, 4.69) is 5.32 Å². The van der Waals surface area contributed by atoms with Crippen LogP contribution in [0.15, 0.2) is 0 Å². The van der Waals surface area contributed by atoms with Crippen molar-refractivity contribution in [3.8, 4) is 0 Å². The van der Waals surface area contributed by atoms with Gasteiger partial charge in [-0.3, -0.25) is 9.59 Å². The normalized spacial score (nSPS) is 12.3. The summed E-state index contributed by atoms with van der Waals surface area (Å²) in [6.45, 7) is 3.46. The number of hydrogen-bond donors (Lipinski definition) is 2. The topological polar surface area (TPSA) is 78.7 Å². The maximum absolute atomic E-state index is 12.1. The number of nitrogens with zero attached hydrogens (tertiary/aromatic N) is 2. The molecule has 0 saturated heterocycles. The van der Waals surface area contributed by atoms with Crippen LogP contribution in [0.2, 0.25) is 0 Å². The quantitative estimate of drug-likeness (QED) is 0.562. The third-order valence-electron chi connectivity index (χ3n) is 3.06. The summed E-state index contributed by atoms with van der Waals surface area (Å²) in [5.41, 5.74) is 5.45. The number of carbonyl (C=O) groups excluding carboxylic acids is 2. The molecule has 0 radical (unpaired) electrons. The summed E-state index contributed by atoms with van der Waals surface area (Å²) in [7, 11) is 5.57. The summed E-state index contributed by atoms with van der Waals surface area (Å²) in [6, 6.07) is -0.397. The van der Waals surface area contributed by atoms with E-state index in [0.29, 0.717) is 19.5 Å². The minimum Gasteiger partial charge on any atom is -0.353 e. The summed E-state index contributed by atoms with van der Waals surface area (Å²) < 4.78 is 0. The van der Waals surface area contributed by atoms with Crippen LogP contribution in [0.1, 0.15) is 26.2 Å². The highest BCUT2D eigenvalue weighted by atomic mass is 16.2. The molecule has 1 unspecified atom stereocenters. The Balaban J connectivity index is 4.36. The van der Waals surface area contributed by atoms with Gasteiger partial charge in [0.15, 0.2) is 0 Å². The van der Waals surface area contributed by atoms with E-state index in [1.54, 1.807) is 7.05 Å². The highest BCUT2D eigenvalue weighted by Crippen LogP contribution is 2.07. The molecule has 0 bridgehead atoms. The molecule has 2 amide bonds. The van der Waals surface area contributed by atoms with Crippen molar-refractivity contribution in [1.82, 2.24) is 15.1 Å². The van der Waals surface area contributed by atoms with Crippen molar-refractivity contribution in [2.75, 3.05) is 40.8 Å². The predicted molar refractivity (Wildman–Crippen MR) is 76.7 cm³/mol. The lowest BCUT2D eigenvalue weighted by Crippen LogP contribution is -2.48. The first-order valence-corrected chi connectivity index (χ1v) is 6.76. The van der Waals surface area contributed by atoms with Crippen LogP contribution in [0.5, 0.6) is 0 Å². The first kappa shape index (κ1) is 17.9. The number of amides is 2. The second-order valence-corrected chi connectivity index (χ2v) is 5.02. The van der Waals surface area contributed by atoms with Crippen molar-refractivity contribution in [2.45, 2.75) is 32.2 Å². The largest absolute Gasteiger partial charge is 0.353 e. The third kappa shape index (κ3) is 7.79. The second-order valence-electron chi connectivity index (χ2n) is 5.02. The van der Waals surface area contributed by atoms with E-state index in [0.717, 1.165) is 19.4 Å². The van der Waals surface area contributed by atoms with Crippen molar-refractivity contribution in [3.05, 3.63) is 0 Å². The molecule has 0 aromatic carbocycles. The van der Waals surface area contributed by atoms with Crippen molar-refractivity contribution in [3.63, 3.8) is 0 Å². The van der Waals surface area contributed by atoms with Crippen LogP contribution >= 0.6 is 0 Å². The predicted octanol–water partition coefficient (Wildman–Crippen LogP) is -0.360. The van der Waals surface area contributed by atoms with Crippen LogP contribution < -0.4 is 11.1 Å². The van der Waals surface area contributed by atoms with Gasteiger partial charge < -0.3 is 20.9 Å². The SMILES string of the molecule is CC(=O)N(C)C(CCCCN)C(=O)NCCN(C)C. The lowest BCUT2D eigenvalue weighted by molar-refractivity contribution is -0.137. The molecule has 0 fully saturated rings. The van der Waals surface area contributed by atoms with Gasteiger partial charge in [0, 0.05) is 27.1 Å². The van der Waals surface area contributed by atoms with Crippen LogP contribution in [0.3, 0.4) is 0 Å². The Kier molecular flexibility index (Phi) is 9.16. The zero-order valence-corrected chi connectivity index (χ0v) is 12.6. The van der Waals surface area contributed by atoms with Crippen LogP contribution in [-0.2, 0) is 9.59 Å². The number of nitrogens with two attached hydrogens (primary N) is 1. The Bertz CT molecular complexity index is 282. The van der Waals surface area contributed by atoms with Crippen LogP contribution in [0.25, 0.3) is 0 Å². The Labute approximate surface area is 116 Å². The zero-order chi connectivity index (χ0) is 14.8. The van der Waals surface area contributed by atoms with Gasteiger partial charge >= 0.3 is 0 Å². The van der Waals surface area contributed by atoms with E-state index in [-0.39, 0.29) is 11.8 Å². The minimum atomic E-state index is -0.397. The van der Waals surface area contributed by atoms with E-state index in [1.807, 2.05) is 19.0 Å². The molecule has 19 heavy (non-hydrogen) atoms. The molecule has 0 rings (SSSR count). The van der Waals surface area contributed by atoms with Gasteiger partial charge in [-0.25, -0.2) is 0 Å². The number of unbranched alkanes of at least 4 members (excludes halogenated alkanes) is 1. The van der Waals surface area contributed by atoms with E-state index < -0.39 is 6.04 Å². The molecule has 0 saturated carbocycles. The highest BCUT2D eigenvalue weighted by molar-refractivity contribution is 5.86. The Morgan fingerprint density at radius 3 is 2.32 bits per heavy atom. The highest BCUT2D eigenvalue weighted by Gasteiger charge is 2.24. The maximum Gasteiger partial charge on any atom is 0.242 e. The monoisotopic (exact) mass is 272 g/mol. The van der Waals surface area contributed by atoms with Crippen molar-refractivity contribution in [2.24, 2.45) is 5.73 Å². The molecule has 0 aliphatic heterocycles. The van der Waals surface area contributed by atoms with E-state index in [1.165, 1.54) is 11.8 Å². The lowest BCUT2D eigenvalue weighted by Gasteiger charge is -2.26. The van der Waals surface area contributed by atoms with Gasteiger partial charge in [-0.2, -0.15) is 0 Å². The molecular weight excluding hydrogens is 244 g/mol. The number of nitrogens with one attached hydrogen (secondary N) is 1. The van der Waals surface area contributed by atoms with Gasteiger partial charge in [0.25, 0.3) is 0 Å². The Morgan fingerprint density at radius 2 is 1.84 bits per heavy atom. The molecule has 112 valence electrons. The molecule has 0 aliphatic carbocycles. The van der Waals surface area contributed by atoms with Crippen LogP contribution in [0, 0.1) is 0 Å². The number of likely N-dealkylation sites (N-methyl/N-ethyl adjacent to an activating group) is 2. The molecule has 0 aliphatic rings. The summed E-state index contributed by atoms with van der Waals surface area (Å²) >= 11 is 0. The van der Waals surface area contributed by atoms with E-state index >= 15 is 0 Å². The van der Waals surface area contributed by atoms with Gasteiger partial charge in [-0.1, -0.05) is 0 Å². The number of rotatable bonds is 9. The van der Waals surface area contributed by atoms with Gasteiger partial charge in [0.05, 0.1) is 0 Å². The first-order valence-electron chi connectivity index (χ1n) is 6.76. The van der Waals surface area contributed by atoms with Gasteiger partial charge in [0.1, 0.15) is 6.04 Å². The summed E-state index contributed by atoms with van der Waals surface area (Å²) in [5, 5.41) is 2.87. The fourth-order valence-corrected chi connectivity index (χ4v) is 1.72. The molecule has 0 aromatic heterocycles. The smallest absolute Gasteiger partial charge is 0.242 e. The summed E-state index contributed by atoms with van der Waals surface area (Å²) in [6.07, 6.45) is 2.37. The second kappa shape index (κ2) is 9.75. The van der Waals surface area contributed by atoms with Gasteiger partial charge in [0.2, 0.25) is 11.8 Å². The zero-order valence-electron chi connectivity index (χ0n) is 12.6. The average molecular weight is 272 g/mol. The fourth-order valence-electron chi connectivity index (χ4n) is 1.72. The standard InChI is InChI=1S/C13H28N4O2/c1-11(18)17(4)12(7-5-6-8-14)13(19)15-9-10-16(2)3/h12H,5-10,14H2,1-4H3,(H,15,19). The molecule has 0 spiro atoms. The van der Waals surface area contributed by atoms with Gasteiger partial charge in [-0.05, 0) is 39.9 Å². The molecule has 6 nitrogen and oxygen atoms in total. The summed E-state index contributed by atoms with van der Waals surface area (Å²) in [4.78, 5) is 27.0. The van der Waals surface area contributed by atoms with Crippen molar-refractivity contribution in [1.29, 1.82) is 0 Å². The number of carbonyl (C=O) groups is 2. The molecule has 3 N–H and O–H groups in total.